The Morgan fingerprint density at radius 2 is 1.89 bits per heavy atom. The first kappa shape index (κ1) is 18.9. The molecule has 2 heterocycles. The molecule has 0 unspecified atom stereocenters. The first-order valence-corrected chi connectivity index (χ1v) is 9.53. The highest BCUT2D eigenvalue weighted by Gasteiger charge is 2.48. The van der Waals surface area contributed by atoms with Gasteiger partial charge in [-0.15, -0.1) is 0 Å². The van der Waals surface area contributed by atoms with E-state index in [0.717, 1.165) is 24.2 Å². The molecule has 0 aromatic heterocycles. The molecule has 0 bridgehead atoms. The predicted octanol–water partition coefficient (Wildman–Crippen LogP) is 3.62. The summed E-state index contributed by atoms with van der Waals surface area (Å²) in [4.78, 5) is 16.4. The molecular weight excluding hydrogens is 362 g/mol. The number of carbonyl (C=O) groups excluding carboxylic acids is 1. The van der Waals surface area contributed by atoms with Crippen molar-refractivity contribution in [1.29, 1.82) is 0 Å². The third-order valence-corrected chi connectivity index (χ3v) is 5.98. The van der Waals surface area contributed by atoms with Gasteiger partial charge in [0.15, 0.2) is 0 Å². The fraction of sp³-hybridized carbons (Fsp3) is 0.409. The molecule has 2 aliphatic heterocycles. The molecule has 2 fully saturated rings. The number of likely N-dealkylation sites (tertiary alicyclic amines) is 2. The average Bonchev–Trinajstić information content (AvgIpc) is 3.20. The second-order valence-electron chi connectivity index (χ2n) is 7.75. The van der Waals surface area contributed by atoms with Gasteiger partial charge in [0.1, 0.15) is 17.4 Å². The summed E-state index contributed by atoms with van der Waals surface area (Å²) in [6.07, 6.45) is 0. The van der Waals surface area contributed by atoms with Gasteiger partial charge in [-0.25, -0.2) is 8.78 Å². The van der Waals surface area contributed by atoms with Crippen LogP contribution in [0.1, 0.15) is 24.1 Å². The first-order chi connectivity index (χ1) is 13.5. The van der Waals surface area contributed by atoms with Crippen LogP contribution >= 0.6 is 0 Å². The van der Waals surface area contributed by atoms with E-state index < -0.39 is 0 Å². The van der Waals surface area contributed by atoms with Crippen molar-refractivity contribution in [2.75, 3.05) is 26.7 Å². The third-order valence-electron chi connectivity index (χ3n) is 5.98. The smallest absolute Gasteiger partial charge is 0.219 e. The Labute approximate surface area is 163 Å². The molecule has 148 valence electrons. The second-order valence-corrected chi connectivity index (χ2v) is 7.75. The molecule has 2 saturated heterocycles. The zero-order valence-corrected chi connectivity index (χ0v) is 16.1. The Kier molecular flexibility index (Phi) is 5.06. The van der Waals surface area contributed by atoms with Crippen LogP contribution in [-0.2, 0) is 11.3 Å². The molecule has 1 amide bonds. The minimum atomic E-state index is -0.317. The quantitative estimate of drug-likeness (QED) is 0.805. The van der Waals surface area contributed by atoms with Gasteiger partial charge >= 0.3 is 0 Å². The highest BCUT2D eigenvalue weighted by molar-refractivity contribution is 5.74. The predicted molar refractivity (Wildman–Crippen MR) is 102 cm³/mol. The van der Waals surface area contributed by atoms with E-state index >= 15 is 0 Å². The second kappa shape index (κ2) is 7.51. The van der Waals surface area contributed by atoms with E-state index in [9.17, 15) is 13.6 Å². The molecule has 0 spiro atoms. The number of ether oxygens (including phenoxy) is 1. The fourth-order valence-corrected chi connectivity index (χ4v) is 4.80. The molecule has 3 atom stereocenters. The van der Waals surface area contributed by atoms with Crippen molar-refractivity contribution in [2.45, 2.75) is 19.5 Å². The van der Waals surface area contributed by atoms with Crippen LogP contribution in [0.15, 0.2) is 42.5 Å². The molecule has 2 aromatic carbocycles. The largest absolute Gasteiger partial charge is 0.496 e. The zero-order valence-electron chi connectivity index (χ0n) is 16.1. The van der Waals surface area contributed by atoms with Crippen molar-refractivity contribution in [1.82, 2.24) is 9.80 Å². The summed E-state index contributed by atoms with van der Waals surface area (Å²) in [5.41, 5.74) is 1.79. The summed E-state index contributed by atoms with van der Waals surface area (Å²) in [7, 11) is 1.54. The van der Waals surface area contributed by atoms with Gasteiger partial charge < -0.3 is 9.64 Å². The number of nitrogens with zero attached hydrogens (tertiary/aromatic N) is 2. The van der Waals surface area contributed by atoms with Crippen molar-refractivity contribution in [3.63, 3.8) is 0 Å². The number of methoxy groups -OCH3 is 1. The van der Waals surface area contributed by atoms with E-state index in [0.29, 0.717) is 24.8 Å². The molecule has 0 radical (unpaired) electrons. The number of fused-ring (bicyclic) bond motifs is 1. The Morgan fingerprint density at radius 1 is 1.11 bits per heavy atom. The van der Waals surface area contributed by atoms with Gasteiger partial charge in [0, 0.05) is 50.7 Å². The summed E-state index contributed by atoms with van der Waals surface area (Å²) < 4.78 is 32.6. The SMILES string of the molecule is COc1cc(F)ccc1CN1C[C@@H]2CN(C(C)=O)[C@@H](c3cccc(F)c3)[C@@H]2C1. The number of hydrogen-bond donors (Lipinski definition) is 0. The fourth-order valence-electron chi connectivity index (χ4n) is 4.80. The van der Waals surface area contributed by atoms with Crippen LogP contribution in [0.2, 0.25) is 0 Å². The van der Waals surface area contributed by atoms with Crippen LogP contribution in [0, 0.1) is 23.5 Å². The van der Waals surface area contributed by atoms with Crippen LogP contribution in [0.3, 0.4) is 0 Å². The zero-order chi connectivity index (χ0) is 19.8. The monoisotopic (exact) mass is 386 g/mol. The molecule has 0 aliphatic carbocycles. The van der Waals surface area contributed by atoms with Gasteiger partial charge in [0.2, 0.25) is 5.91 Å². The molecule has 2 aromatic rings. The van der Waals surface area contributed by atoms with Gasteiger partial charge in [-0.3, -0.25) is 9.69 Å². The summed E-state index contributed by atoms with van der Waals surface area (Å²) in [6, 6.07) is 11.1. The molecule has 6 heteroatoms. The van der Waals surface area contributed by atoms with Crippen LogP contribution in [0.4, 0.5) is 8.78 Å². The van der Waals surface area contributed by atoms with Crippen molar-refractivity contribution in [2.24, 2.45) is 11.8 Å². The Hall–Kier alpha value is -2.47. The molecule has 0 N–H and O–H groups in total. The minimum Gasteiger partial charge on any atom is -0.496 e. The van der Waals surface area contributed by atoms with Crippen molar-refractivity contribution in [3.8, 4) is 5.75 Å². The maximum absolute atomic E-state index is 13.8. The van der Waals surface area contributed by atoms with Crippen LogP contribution in [-0.4, -0.2) is 42.5 Å². The summed E-state index contributed by atoms with van der Waals surface area (Å²) in [5, 5.41) is 0. The topological polar surface area (TPSA) is 32.8 Å². The number of carbonyl (C=O) groups is 1. The maximum Gasteiger partial charge on any atom is 0.219 e. The number of halogens is 2. The molecule has 2 aliphatic rings. The van der Waals surface area contributed by atoms with Crippen LogP contribution in [0.5, 0.6) is 5.75 Å². The third kappa shape index (κ3) is 3.49. The highest BCUT2D eigenvalue weighted by Crippen LogP contribution is 2.45. The molecule has 28 heavy (non-hydrogen) atoms. The van der Waals surface area contributed by atoms with Gasteiger partial charge in [-0.05, 0) is 29.7 Å². The normalized spacial score (nSPS) is 24.4. The standard InChI is InChI=1S/C22H24F2N2O2/c1-14(27)26-12-17-11-25(10-16-6-7-19(24)9-21(16)28-2)13-20(17)22(26)15-4-3-5-18(23)8-15/h3-9,17,20,22H,10-13H2,1-2H3/t17-,20-,22+/m1/s1. The summed E-state index contributed by atoms with van der Waals surface area (Å²) >= 11 is 0. The van der Waals surface area contributed by atoms with Crippen molar-refractivity contribution < 1.29 is 18.3 Å². The highest BCUT2D eigenvalue weighted by atomic mass is 19.1. The van der Waals surface area contributed by atoms with Gasteiger partial charge in [-0.2, -0.15) is 0 Å². The summed E-state index contributed by atoms with van der Waals surface area (Å²) in [5.74, 6) is 0.554. The number of hydrogen-bond acceptors (Lipinski definition) is 3. The van der Waals surface area contributed by atoms with Gasteiger partial charge in [-0.1, -0.05) is 18.2 Å². The van der Waals surface area contributed by atoms with E-state index in [1.54, 1.807) is 26.2 Å². The van der Waals surface area contributed by atoms with Crippen LogP contribution in [0.25, 0.3) is 0 Å². The lowest BCUT2D eigenvalue weighted by molar-refractivity contribution is -0.130. The number of rotatable bonds is 4. The first-order valence-electron chi connectivity index (χ1n) is 9.53. The molecule has 4 rings (SSSR count). The Bertz CT molecular complexity index is 889. The molecular formula is C22H24F2N2O2. The van der Waals surface area contributed by atoms with Gasteiger partial charge in [0.05, 0.1) is 13.2 Å². The summed E-state index contributed by atoms with van der Waals surface area (Å²) in [6.45, 7) is 4.57. The average molecular weight is 386 g/mol. The minimum absolute atomic E-state index is 0.0235. The van der Waals surface area contributed by atoms with Crippen molar-refractivity contribution >= 4 is 5.91 Å². The van der Waals surface area contributed by atoms with Crippen molar-refractivity contribution in [3.05, 3.63) is 65.2 Å². The van der Waals surface area contributed by atoms with E-state index in [-0.39, 0.29) is 29.5 Å². The Morgan fingerprint density at radius 3 is 2.61 bits per heavy atom. The van der Waals surface area contributed by atoms with E-state index in [4.69, 9.17) is 4.74 Å². The van der Waals surface area contributed by atoms with Gasteiger partial charge in [0.25, 0.3) is 0 Å². The van der Waals surface area contributed by atoms with E-state index in [1.165, 1.54) is 24.3 Å². The molecule has 4 nitrogen and oxygen atoms in total. The lowest BCUT2D eigenvalue weighted by Gasteiger charge is -2.29. The maximum atomic E-state index is 13.8. The lowest BCUT2D eigenvalue weighted by atomic mass is 9.89. The lowest BCUT2D eigenvalue weighted by Crippen LogP contribution is -2.34. The van der Waals surface area contributed by atoms with Crippen LogP contribution < -0.4 is 4.74 Å². The van der Waals surface area contributed by atoms with E-state index in [2.05, 4.69) is 4.90 Å². The Balaban J connectivity index is 1.56. The number of amides is 1. The molecule has 0 saturated carbocycles. The number of benzene rings is 2. The van der Waals surface area contributed by atoms with E-state index in [1.807, 2.05) is 11.0 Å².